The number of allylic oxidation sites excluding steroid dienone is 2. The van der Waals surface area contributed by atoms with Gasteiger partial charge < -0.3 is 0 Å². The van der Waals surface area contributed by atoms with Crippen LogP contribution in [0.4, 0.5) is 0 Å². The van der Waals surface area contributed by atoms with E-state index in [1.165, 1.54) is 32.1 Å². The molecule has 0 nitrogen and oxygen atoms in total. The highest BCUT2D eigenvalue weighted by molar-refractivity contribution is 4.96. The van der Waals surface area contributed by atoms with E-state index in [2.05, 4.69) is 33.8 Å². The third-order valence-electron chi connectivity index (χ3n) is 2.65. The highest BCUT2D eigenvalue weighted by Gasteiger charge is 1.96. The lowest BCUT2D eigenvalue weighted by atomic mass is 10.0. The molecule has 0 aliphatic heterocycles. The minimum absolute atomic E-state index is 0.917. The average molecular weight is 168 g/mol. The SMILES string of the molecule is CCC(C)=CCCCC(C)CC. The van der Waals surface area contributed by atoms with Gasteiger partial charge in [0.05, 0.1) is 0 Å². The fourth-order valence-corrected chi connectivity index (χ4v) is 1.16. The van der Waals surface area contributed by atoms with Crippen LogP contribution in [0.1, 0.15) is 59.8 Å². The Kier molecular flexibility index (Phi) is 7.23. The zero-order valence-electron chi connectivity index (χ0n) is 9.19. The maximum atomic E-state index is 2.39. The lowest BCUT2D eigenvalue weighted by Crippen LogP contribution is -1.90. The number of rotatable bonds is 6. The molecule has 0 fully saturated rings. The van der Waals surface area contributed by atoms with Gasteiger partial charge in [-0.2, -0.15) is 0 Å². The molecule has 0 N–H and O–H groups in total. The van der Waals surface area contributed by atoms with E-state index in [1.807, 2.05) is 0 Å². The van der Waals surface area contributed by atoms with Crippen LogP contribution in [0.2, 0.25) is 0 Å². The second-order valence-electron chi connectivity index (χ2n) is 3.85. The normalized spacial score (nSPS) is 14.8. The van der Waals surface area contributed by atoms with Crippen molar-refractivity contribution in [1.82, 2.24) is 0 Å². The van der Waals surface area contributed by atoms with Gasteiger partial charge in [-0.05, 0) is 32.1 Å². The monoisotopic (exact) mass is 168 g/mol. The largest absolute Gasteiger partial charge is 0.0856 e. The van der Waals surface area contributed by atoms with Crippen LogP contribution in [-0.2, 0) is 0 Å². The molecular formula is C12H24. The summed E-state index contributed by atoms with van der Waals surface area (Å²) in [6, 6.07) is 0. The van der Waals surface area contributed by atoms with Crippen LogP contribution < -0.4 is 0 Å². The predicted octanol–water partition coefficient (Wildman–Crippen LogP) is 4.56. The van der Waals surface area contributed by atoms with Crippen molar-refractivity contribution < 1.29 is 0 Å². The zero-order chi connectivity index (χ0) is 9.40. The molecule has 0 amide bonds. The molecule has 12 heavy (non-hydrogen) atoms. The molecule has 0 radical (unpaired) electrons. The smallest absolute Gasteiger partial charge is 0.0348 e. The first-order valence-electron chi connectivity index (χ1n) is 5.36. The van der Waals surface area contributed by atoms with Gasteiger partial charge in [-0.25, -0.2) is 0 Å². The summed E-state index contributed by atoms with van der Waals surface area (Å²) in [6.45, 7) is 9.07. The molecule has 0 aromatic heterocycles. The van der Waals surface area contributed by atoms with Crippen LogP contribution in [0, 0.1) is 5.92 Å². The summed E-state index contributed by atoms with van der Waals surface area (Å²) in [5.74, 6) is 0.917. The fourth-order valence-electron chi connectivity index (χ4n) is 1.16. The third-order valence-corrected chi connectivity index (χ3v) is 2.65. The summed E-state index contributed by atoms with van der Waals surface area (Å²) < 4.78 is 0. The van der Waals surface area contributed by atoms with Crippen LogP contribution in [0.5, 0.6) is 0 Å². The Morgan fingerprint density at radius 3 is 2.50 bits per heavy atom. The van der Waals surface area contributed by atoms with Crippen LogP contribution in [0.15, 0.2) is 11.6 Å². The molecule has 0 aliphatic carbocycles. The molecule has 72 valence electrons. The molecule has 0 saturated carbocycles. The first kappa shape index (κ1) is 11.7. The van der Waals surface area contributed by atoms with E-state index < -0.39 is 0 Å². The molecule has 0 bridgehead atoms. The highest BCUT2D eigenvalue weighted by atomic mass is 14.0. The maximum absolute atomic E-state index is 2.39. The van der Waals surface area contributed by atoms with Crippen molar-refractivity contribution >= 4 is 0 Å². The number of hydrogen-bond acceptors (Lipinski definition) is 0. The molecule has 0 rings (SSSR count). The van der Waals surface area contributed by atoms with Gasteiger partial charge in [0, 0.05) is 0 Å². The van der Waals surface area contributed by atoms with Crippen molar-refractivity contribution in [3.8, 4) is 0 Å². The van der Waals surface area contributed by atoms with Crippen molar-refractivity contribution in [3.63, 3.8) is 0 Å². The standard InChI is InChI=1S/C12H24/c1-5-11(3)9-7-8-10-12(4)6-2/h9,12H,5-8,10H2,1-4H3. The van der Waals surface area contributed by atoms with Gasteiger partial charge in [0.25, 0.3) is 0 Å². The Balaban J connectivity index is 3.32. The fraction of sp³-hybridized carbons (Fsp3) is 0.833. The van der Waals surface area contributed by atoms with Gasteiger partial charge in [0.15, 0.2) is 0 Å². The van der Waals surface area contributed by atoms with Crippen molar-refractivity contribution in [2.75, 3.05) is 0 Å². The molecule has 0 aromatic carbocycles. The minimum atomic E-state index is 0.917. The Morgan fingerprint density at radius 1 is 1.33 bits per heavy atom. The lowest BCUT2D eigenvalue weighted by molar-refractivity contribution is 0.498. The maximum Gasteiger partial charge on any atom is -0.0348 e. The van der Waals surface area contributed by atoms with Gasteiger partial charge >= 0.3 is 0 Å². The Morgan fingerprint density at radius 2 is 2.00 bits per heavy atom. The van der Waals surface area contributed by atoms with Crippen molar-refractivity contribution in [1.29, 1.82) is 0 Å². The molecule has 0 aliphatic rings. The first-order valence-corrected chi connectivity index (χ1v) is 5.36. The second kappa shape index (κ2) is 7.39. The molecule has 0 aromatic rings. The summed E-state index contributed by atoms with van der Waals surface area (Å²) in [7, 11) is 0. The molecule has 0 spiro atoms. The van der Waals surface area contributed by atoms with E-state index in [1.54, 1.807) is 5.57 Å². The molecule has 0 heterocycles. The van der Waals surface area contributed by atoms with E-state index in [4.69, 9.17) is 0 Å². The van der Waals surface area contributed by atoms with Gasteiger partial charge in [-0.3, -0.25) is 0 Å². The van der Waals surface area contributed by atoms with E-state index in [-0.39, 0.29) is 0 Å². The van der Waals surface area contributed by atoms with E-state index >= 15 is 0 Å². The lowest BCUT2D eigenvalue weighted by Gasteiger charge is -2.05. The average Bonchev–Trinajstić information content (AvgIpc) is 2.11. The van der Waals surface area contributed by atoms with Gasteiger partial charge in [0.1, 0.15) is 0 Å². The summed E-state index contributed by atoms with van der Waals surface area (Å²) >= 11 is 0. The number of hydrogen-bond donors (Lipinski definition) is 0. The molecule has 1 atom stereocenters. The Bertz CT molecular complexity index is 122. The minimum Gasteiger partial charge on any atom is -0.0856 e. The van der Waals surface area contributed by atoms with Gasteiger partial charge in [-0.15, -0.1) is 0 Å². The van der Waals surface area contributed by atoms with Gasteiger partial charge in [0.2, 0.25) is 0 Å². The van der Waals surface area contributed by atoms with Crippen molar-refractivity contribution in [3.05, 3.63) is 11.6 Å². The van der Waals surface area contributed by atoms with Crippen LogP contribution in [0.25, 0.3) is 0 Å². The van der Waals surface area contributed by atoms with Crippen LogP contribution >= 0.6 is 0 Å². The summed E-state index contributed by atoms with van der Waals surface area (Å²) in [6.07, 6.45) is 8.97. The van der Waals surface area contributed by atoms with E-state index in [9.17, 15) is 0 Å². The Hall–Kier alpha value is -0.260. The zero-order valence-corrected chi connectivity index (χ0v) is 9.19. The summed E-state index contributed by atoms with van der Waals surface area (Å²) in [5.41, 5.74) is 1.54. The summed E-state index contributed by atoms with van der Waals surface area (Å²) in [5, 5.41) is 0. The van der Waals surface area contributed by atoms with Crippen molar-refractivity contribution in [2.45, 2.75) is 59.8 Å². The molecule has 0 heteroatoms. The van der Waals surface area contributed by atoms with Gasteiger partial charge in [-0.1, -0.05) is 45.3 Å². The summed E-state index contributed by atoms with van der Waals surface area (Å²) in [4.78, 5) is 0. The van der Waals surface area contributed by atoms with Crippen LogP contribution in [0.3, 0.4) is 0 Å². The quantitative estimate of drug-likeness (QED) is 0.403. The molecule has 0 saturated heterocycles. The first-order chi connectivity index (χ1) is 5.70. The predicted molar refractivity (Wildman–Crippen MR) is 57.4 cm³/mol. The molecule has 1 unspecified atom stereocenters. The molecular weight excluding hydrogens is 144 g/mol. The van der Waals surface area contributed by atoms with E-state index in [0.717, 1.165) is 5.92 Å². The van der Waals surface area contributed by atoms with Crippen LogP contribution in [-0.4, -0.2) is 0 Å². The topological polar surface area (TPSA) is 0 Å². The highest BCUT2D eigenvalue weighted by Crippen LogP contribution is 2.12. The van der Waals surface area contributed by atoms with E-state index in [0.29, 0.717) is 0 Å². The number of unbranched alkanes of at least 4 members (excludes halogenated alkanes) is 1. The third kappa shape index (κ3) is 6.45. The second-order valence-corrected chi connectivity index (χ2v) is 3.85. The van der Waals surface area contributed by atoms with Crippen molar-refractivity contribution in [2.24, 2.45) is 5.92 Å². The Labute approximate surface area is 78.1 Å².